The van der Waals surface area contributed by atoms with Crippen LogP contribution in [0.1, 0.15) is 20.2 Å². The van der Waals surface area contributed by atoms with Crippen LogP contribution in [0.15, 0.2) is 18.3 Å². The van der Waals surface area contributed by atoms with E-state index >= 15 is 0 Å². The van der Waals surface area contributed by atoms with Crippen molar-refractivity contribution in [1.29, 1.82) is 0 Å². The first-order valence-electron chi connectivity index (χ1n) is 7.08. The standard InChI is InChI=1S/C16H20N2O4S/c1-10-9-18-14(23-10)5-6-17-16(19)11-7-12(20-2)15(22-4)13(8-11)21-3/h7-9H,5-6H2,1-4H3,(H,17,19). The van der Waals surface area contributed by atoms with Gasteiger partial charge in [-0.05, 0) is 19.1 Å². The molecule has 1 amide bonds. The summed E-state index contributed by atoms with van der Waals surface area (Å²) in [5.74, 6) is 1.17. The summed E-state index contributed by atoms with van der Waals surface area (Å²) in [7, 11) is 4.56. The first-order chi connectivity index (χ1) is 11.1. The van der Waals surface area contributed by atoms with Gasteiger partial charge in [-0.2, -0.15) is 0 Å². The van der Waals surface area contributed by atoms with E-state index in [1.807, 2.05) is 13.1 Å². The molecule has 1 N–H and O–H groups in total. The zero-order valence-corrected chi connectivity index (χ0v) is 14.5. The second-order valence-corrected chi connectivity index (χ2v) is 6.10. The minimum atomic E-state index is -0.197. The van der Waals surface area contributed by atoms with E-state index in [0.29, 0.717) is 35.8 Å². The first kappa shape index (κ1) is 17.1. The summed E-state index contributed by atoms with van der Waals surface area (Å²) in [6.07, 6.45) is 2.54. The van der Waals surface area contributed by atoms with Crippen molar-refractivity contribution in [2.45, 2.75) is 13.3 Å². The number of aryl methyl sites for hydroxylation is 1. The quantitative estimate of drug-likeness (QED) is 0.841. The number of rotatable bonds is 7. The maximum absolute atomic E-state index is 12.3. The largest absolute Gasteiger partial charge is 0.493 e. The normalized spacial score (nSPS) is 10.3. The molecule has 0 aliphatic heterocycles. The number of thiazole rings is 1. The molecule has 0 aliphatic carbocycles. The molecule has 0 fully saturated rings. The van der Waals surface area contributed by atoms with Gasteiger partial charge in [-0.15, -0.1) is 11.3 Å². The van der Waals surface area contributed by atoms with Gasteiger partial charge in [-0.3, -0.25) is 4.79 Å². The Balaban J connectivity index is 2.06. The maximum atomic E-state index is 12.3. The number of ether oxygens (including phenoxy) is 3. The Morgan fingerprint density at radius 2 is 1.83 bits per heavy atom. The van der Waals surface area contributed by atoms with Crippen molar-refractivity contribution in [3.8, 4) is 17.2 Å². The molecule has 0 spiro atoms. The zero-order chi connectivity index (χ0) is 16.8. The topological polar surface area (TPSA) is 69.7 Å². The van der Waals surface area contributed by atoms with Crippen LogP contribution in [0.2, 0.25) is 0 Å². The number of aromatic nitrogens is 1. The highest BCUT2D eigenvalue weighted by atomic mass is 32.1. The molecule has 0 unspecified atom stereocenters. The highest BCUT2D eigenvalue weighted by Crippen LogP contribution is 2.38. The summed E-state index contributed by atoms with van der Waals surface area (Å²) in [4.78, 5) is 17.7. The maximum Gasteiger partial charge on any atom is 0.251 e. The third-order valence-electron chi connectivity index (χ3n) is 3.22. The Labute approximate surface area is 139 Å². The van der Waals surface area contributed by atoms with Crippen LogP contribution < -0.4 is 19.5 Å². The summed E-state index contributed by atoms with van der Waals surface area (Å²) in [5.41, 5.74) is 0.454. The van der Waals surface area contributed by atoms with Crippen LogP contribution in [0.5, 0.6) is 17.2 Å². The van der Waals surface area contributed by atoms with Gasteiger partial charge in [0, 0.05) is 29.6 Å². The molecule has 1 heterocycles. The number of benzene rings is 1. The van der Waals surface area contributed by atoms with Crippen LogP contribution in [0.3, 0.4) is 0 Å². The SMILES string of the molecule is COc1cc(C(=O)NCCc2ncc(C)s2)cc(OC)c1OC. The lowest BCUT2D eigenvalue weighted by Crippen LogP contribution is -2.25. The van der Waals surface area contributed by atoms with E-state index in [9.17, 15) is 4.79 Å². The minimum Gasteiger partial charge on any atom is -0.493 e. The van der Waals surface area contributed by atoms with Gasteiger partial charge in [0.05, 0.1) is 26.3 Å². The van der Waals surface area contributed by atoms with E-state index in [-0.39, 0.29) is 5.91 Å². The van der Waals surface area contributed by atoms with Gasteiger partial charge in [0.15, 0.2) is 11.5 Å². The molecule has 0 aliphatic rings. The molecule has 2 aromatic rings. The molecule has 0 saturated carbocycles. The summed E-state index contributed by atoms with van der Waals surface area (Å²) in [6.45, 7) is 2.53. The van der Waals surface area contributed by atoms with E-state index in [0.717, 1.165) is 9.88 Å². The number of nitrogens with one attached hydrogen (secondary N) is 1. The lowest BCUT2D eigenvalue weighted by atomic mass is 10.1. The van der Waals surface area contributed by atoms with Crippen LogP contribution in [0.4, 0.5) is 0 Å². The molecule has 23 heavy (non-hydrogen) atoms. The Morgan fingerprint density at radius 1 is 1.17 bits per heavy atom. The lowest BCUT2D eigenvalue weighted by molar-refractivity contribution is 0.0953. The van der Waals surface area contributed by atoms with Gasteiger partial charge < -0.3 is 19.5 Å². The van der Waals surface area contributed by atoms with Crippen LogP contribution in [0, 0.1) is 6.92 Å². The van der Waals surface area contributed by atoms with Crippen molar-refractivity contribution in [1.82, 2.24) is 10.3 Å². The molecule has 1 aromatic carbocycles. The molecule has 7 heteroatoms. The number of hydrogen-bond donors (Lipinski definition) is 1. The molecule has 1 aromatic heterocycles. The molecule has 0 bridgehead atoms. The third kappa shape index (κ3) is 4.13. The second-order valence-electron chi connectivity index (χ2n) is 4.78. The molecule has 6 nitrogen and oxygen atoms in total. The second kappa shape index (κ2) is 7.82. The Morgan fingerprint density at radius 3 is 2.30 bits per heavy atom. The van der Waals surface area contributed by atoms with Gasteiger partial charge in [-0.25, -0.2) is 4.98 Å². The highest BCUT2D eigenvalue weighted by Gasteiger charge is 2.16. The van der Waals surface area contributed by atoms with E-state index < -0.39 is 0 Å². The van der Waals surface area contributed by atoms with E-state index in [1.165, 1.54) is 21.3 Å². The molecule has 0 atom stereocenters. The van der Waals surface area contributed by atoms with Gasteiger partial charge in [0.25, 0.3) is 5.91 Å². The first-order valence-corrected chi connectivity index (χ1v) is 7.90. The third-order valence-corrected chi connectivity index (χ3v) is 4.19. The van der Waals surface area contributed by atoms with Gasteiger partial charge in [0.1, 0.15) is 0 Å². The van der Waals surface area contributed by atoms with E-state index in [2.05, 4.69) is 10.3 Å². The van der Waals surface area contributed by atoms with Crippen molar-refractivity contribution in [3.05, 3.63) is 33.8 Å². The summed E-state index contributed by atoms with van der Waals surface area (Å²) in [5, 5.41) is 3.88. The van der Waals surface area contributed by atoms with Crippen molar-refractivity contribution in [2.75, 3.05) is 27.9 Å². The van der Waals surface area contributed by atoms with Crippen molar-refractivity contribution < 1.29 is 19.0 Å². The predicted molar refractivity (Wildman–Crippen MR) is 89.0 cm³/mol. The summed E-state index contributed by atoms with van der Waals surface area (Å²) < 4.78 is 15.8. The van der Waals surface area contributed by atoms with Gasteiger partial charge in [-0.1, -0.05) is 0 Å². The Bertz CT molecular complexity index is 659. The van der Waals surface area contributed by atoms with E-state index in [1.54, 1.807) is 23.5 Å². The Kier molecular flexibility index (Phi) is 5.81. The fourth-order valence-corrected chi connectivity index (χ4v) is 2.90. The van der Waals surface area contributed by atoms with Crippen LogP contribution >= 0.6 is 11.3 Å². The summed E-state index contributed by atoms with van der Waals surface area (Å²) in [6, 6.07) is 3.26. The van der Waals surface area contributed by atoms with Crippen LogP contribution in [-0.2, 0) is 6.42 Å². The molecule has 0 radical (unpaired) electrons. The summed E-state index contributed by atoms with van der Waals surface area (Å²) >= 11 is 1.63. The molecule has 0 saturated heterocycles. The Hall–Kier alpha value is -2.28. The van der Waals surface area contributed by atoms with E-state index in [4.69, 9.17) is 14.2 Å². The number of carbonyl (C=O) groups is 1. The number of hydrogen-bond acceptors (Lipinski definition) is 6. The van der Waals surface area contributed by atoms with Gasteiger partial charge >= 0.3 is 0 Å². The number of nitrogens with zero attached hydrogens (tertiary/aromatic N) is 1. The fraction of sp³-hybridized carbons (Fsp3) is 0.375. The molecule has 2 rings (SSSR count). The minimum absolute atomic E-state index is 0.197. The monoisotopic (exact) mass is 336 g/mol. The van der Waals surface area contributed by atoms with Crippen molar-refractivity contribution in [3.63, 3.8) is 0 Å². The average molecular weight is 336 g/mol. The average Bonchev–Trinajstić information content (AvgIpc) is 2.98. The smallest absolute Gasteiger partial charge is 0.251 e. The highest BCUT2D eigenvalue weighted by molar-refractivity contribution is 7.11. The van der Waals surface area contributed by atoms with Crippen molar-refractivity contribution in [2.24, 2.45) is 0 Å². The zero-order valence-electron chi connectivity index (χ0n) is 13.6. The fourth-order valence-electron chi connectivity index (χ4n) is 2.11. The number of methoxy groups -OCH3 is 3. The lowest BCUT2D eigenvalue weighted by Gasteiger charge is -2.14. The van der Waals surface area contributed by atoms with Crippen LogP contribution in [-0.4, -0.2) is 38.8 Å². The van der Waals surface area contributed by atoms with Crippen molar-refractivity contribution >= 4 is 17.2 Å². The van der Waals surface area contributed by atoms with Crippen LogP contribution in [0.25, 0.3) is 0 Å². The molecule has 124 valence electrons. The molecular formula is C16H20N2O4S. The molecular weight excluding hydrogens is 316 g/mol. The number of carbonyl (C=O) groups excluding carboxylic acids is 1. The van der Waals surface area contributed by atoms with Gasteiger partial charge in [0.2, 0.25) is 5.75 Å². The predicted octanol–water partition coefficient (Wildman–Crippen LogP) is 2.45. The number of amides is 1.